The Bertz CT molecular complexity index is 7500. The molecule has 0 saturated heterocycles. The highest BCUT2D eigenvalue weighted by atomic mass is 15.2. The van der Waals surface area contributed by atoms with E-state index in [1.54, 1.807) is 0 Å². The molecule has 0 aromatic heterocycles. The third kappa shape index (κ3) is 13.1. The Labute approximate surface area is 788 Å². The second kappa shape index (κ2) is 30.0. The number of fused-ring (bicyclic) bond motifs is 18. The first kappa shape index (κ1) is 83.4. The van der Waals surface area contributed by atoms with Gasteiger partial charge in [-0.15, -0.1) is 0 Å². The second-order valence-corrected chi connectivity index (χ2v) is 44.4. The minimum absolute atomic E-state index is 0.149. The van der Waals surface area contributed by atoms with Crippen LogP contribution in [0.2, 0.25) is 0 Å². The molecule has 0 unspecified atom stereocenters. The van der Waals surface area contributed by atoms with Gasteiger partial charge in [0.1, 0.15) is 0 Å². The topological polar surface area (TPSA) is 13.0 Å². The van der Waals surface area contributed by atoms with Gasteiger partial charge in [-0.3, -0.25) is 0 Å². The maximum atomic E-state index is 2.75. The zero-order chi connectivity index (χ0) is 91.6. The van der Waals surface area contributed by atoms with Crippen molar-refractivity contribution in [2.24, 2.45) is 0 Å². The van der Waals surface area contributed by atoms with E-state index in [2.05, 4.69) is 508 Å². The molecular weight excluding hydrogens is 1600 g/mol. The molecule has 0 radical (unpaired) electrons. The van der Waals surface area contributed by atoms with E-state index in [1.165, 1.54) is 144 Å². The summed E-state index contributed by atoms with van der Waals surface area (Å²) in [6.45, 7) is 42.1. The molecule has 4 nitrogen and oxygen atoms in total. The minimum Gasteiger partial charge on any atom is -0.311 e. The van der Waals surface area contributed by atoms with Crippen LogP contribution in [0, 0.1) is 0 Å². The second-order valence-electron chi connectivity index (χ2n) is 44.4. The molecule has 6 aliphatic rings. The number of hydrogen-bond acceptors (Lipinski definition) is 4. The van der Waals surface area contributed by atoms with Crippen LogP contribution < -0.4 is 52.4 Å². The summed E-state index contributed by atoms with van der Waals surface area (Å²) in [4.78, 5) is 10.9. The predicted octanol–water partition coefficient (Wildman–Crippen LogP) is 30.3. The third-order valence-electron chi connectivity index (χ3n) is 29.9. The predicted molar refractivity (Wildman–Crippen MR) is 570 cm³/mol. The highest BCUT2D eigenvalue weighted by molar-refractivity contribution is 7.03. The highest BCUT2D eigenvalue weighted by Crippen LogP contribution is 2.66. The van der Waals surface area contributed by atoms with Crippen molar-refractivity contribution in [3.05, 3.63) is 420 Å². The van der Waals surface area contributed by atoms with Crippen LogP contribution in [0.15, 0.2) is 364 Å². The van der Waals surface area contributed by atoms with Crippen molar-refractivity contribution >= 4 is 114 Å². The van der Waals surface area contributed by atoms with E-state index < -0.39 is 5.41 Å². The Hall–Kier alpha value is -13.9. The van der Waals surface area contributed by atoms with Gasteiger partial charge in [-0.25, -0.2) is 0 Å². The summed E-state index contributed by atoms with van der Waals surface area (Å²) in [5.74, 6) is 0. The molecule has 1 spiro atoms. The fourth-order valence-electron chi connectivity index (χ4n) is 23.1. The van der Waals surface area contributed by atoms with Gasteiger partial charge >= 0.3 is 0 Å². The summed E-state index contributed by atoms with van der Waals surface area (Å²) in [7, 11) is 0. The molecule has 133 heavy (non-hydrogen) atoms. The maximum Gasteiger partial charge on any atom is 0.252 e. The van der Waals surface area contributed by atoms with Crippen LogP contribution in [-0.2, 0) is 37.9 Å². The van der Waals surface area contributed by atoms with Crippen LogP contribution in [0.4, 0.5) is 68.2 Å². The van der Waals surface area contributed by atoms with Gasteiger partial charge in [0, 0.05) is 73.6 Å². The van der Waals surface area contributed by atoms with Gasteiger partial charge in [-0.2, -0.15) is 0 Å². The van der Waals surface area contributed by atoms with Gasteiger partial charge < -0.3 is 19.6 Å². The number of rotatable bonds is 9. The van der Waals surface area contributed by atoms with Crippen molar-refractivity contribution in [3.8, 4) is 77.9 Å². The number of hydrogen-bond donors (Lipinski definition) is 0. The molecule has 0 bridgehead atoms. The summed E-state index contributed by atoms with van der Waals surface area (Å²) in [6, 6.07) is 143. The van der Waals surface area contributed by atoms with Gasteiger partial charge in [0.2, 0.25) is 0 Å². The lowest BCUT2D eigenvalue weighted by atomic mass is 9.30. The van der Waals surface area contributed by atoms with Gasteiger partial charge in [-0.1, -0.05) is 398 Å². The summed E-state index contributed by atoms with van der Waals surface area (Å²) < 4.78 is 0. The molecule has 648 valence electrons. The van der Waals surface area contributed by atoms with Gasteiger partial charge in [0.25, 0.3) is 13.4 Å². The number of anilines is 12. The van der Waals surface area contributed by atoms with E-state index >= 15 is 0 Å². The Balaban J connectivity index is 0.879. The van der Waals surface area contributed by atoms with Crippen molar-refractivity contribution in [2.45, 2.75) is 163 Å². The molecule has 23 rings (SSSR count). The van der Waals surface area contributed by atoms with Crippen LogP contribution in [0.3, 0.4) is 0 Å². The number of para-hydroxylation sites is 2. The lowest BCUT2D eigenvalue weighted by molar-refractivity contribution is 0.569. The molecule has 6 heteroatoms. The first-order valence-corrected chi connectivity index (χ1v) is 48.0. The SMILES string of the molecule is CC(C)(C)c1cccc(N2c3cc4c(cc3B3c5ccccc5N(c5ccc(C(C)(C)C)cc5-c5ccccc5)c5cc(-c6cccc7c6C6(c8ccccc8-c8ccccc86)c6ccccc6-7)cc2c53)B2c3ccccc3N(c3c(-c5ccccc5)cc(C(C)(C)C)cc3-c3ccccc3)c3cc(-c5cc(C(C)(C)C)cc(C(C)(C)C)c5)cc(c32)N4c2cccc(C(C)(C)C)c2)c1. The zero-order valence-electron chi connectivity index (χ0n) is 80.1. The van der Waals surface area contributed by atoms with Crippen molar-refractivity contribution in [1.29, 1.82) is 0 Å². The van der Waals surface area contributed by atoms with Crippen molar-refractivity contribution < 1.29 is 0 Å². The minimum atomic E-state index is -0.651. The van der Waals surface area contributed by atoms with Crippen molar-refractivity contribution in [2.75, 3.05) is 19.6 Å². The zero-order valence-corrected chi connectivity index (χ0v) is 80.1. The largest absolute Gasteiger partial charge is 0.311 e. The smallest absolute Gasteiger partial charge is 0.252 e. The highest BCUT2D eigenvalue weighted by Gasteiger charge is 2.55. The fraction of sp³-hybridized carbons (Fsp3) is 0.197. The standard InChI is InChI=1S/C127H114B2N4/c1-121(2,3)85-47-38-49-91(72-85)130-111-78-112-106(77-107(111)129-105-60-35-37-62-110(105)133(116-68-83(67-113(130)119(116)129)82-65-88(124(10,11)12)71-89(66-82)125(13,14)15)120-99(80-43-24-20-25-44-80)75-90(126(16,17)18)76-100(120)81-45-26-21-27-46-81)128-104-59-34-36-61-109(104)132(108-64-63-87(123(7,8)9)74-98(108)79-41-22-19-23-42-79)115-70-84(69-114(118(115)128)131(112)92-50-39-48-86(73-92)122(4,5)6)93-54-40-55-97-96-53-30-33-58-103(96)127(117(93)97)101-56-31-28-51-94(101)95-52-29-32-57-102(95)127/h19-78H,1-18H3. The Morgan fingerprint density at radius 3 is 1.00 bits per heavy atom. The molecule has 0 N–H and O–H groups in total. The van der Waals surface area contributed by atoms with Crippen molar-refractivity contribution in [1.82, 2.24) is 0 Å². The van der Waals surface area contributed by atoms with Crippen LogP contribution >= 0.6 is 0 Å². The molecule has 17 aromatic rings. The van der Waals surface area contributed by atoms with E-state index in [0.29, 0.717) is 0 Å². The molecule has 0 atom stereocenters. The third-order valence-corrected chi connectivity index (χ3v) is 29.9. The molecule has 4 aliphatic heterocycles. The lowest BCUT2D eigenvalue weighted by Gasteiger charge is -2.48. The molecule has 2 aliphatic carbocycles. The van der Waals surface area contributed by atoms with E-state index in [9.17, 15) is 0 Å². The van der Waals surface area contributed by atoms with Crippen LogP contribution in [0.25, 0.3) is 77.9 Å². The molecular formula is C127H114B2N4. The number of nitrogens with zero attached hydrogens (tertiary/aromatic N) is 4. The number of benzene rings is 17. The Kier molecular flexibility index (Phi) is 18.8. The van der Waals surface area contributed by atoms with Gasteiger partial charge in [0.05, 0.1) is 16.8 Å². The normalized spacial score (nSPS) is 14.2. The molecule has 0 saturated carbocycles. The van der Waals surface area contributed by atoms with Gasteiger partial charge in [0.15, 0.2) is 0 Å². The van der Waals surface area contributed by atoms with E-state index in [0.717, 1.165) is 90.5 Å². The quantitative estimate of drug-likeness (QED) is 0.134. The average molecular weight is 1720 g/mol. The Morgan fingerprint density at radius 1 is 0.188 bits per heavy atom. The average Bonchev–Trinajstić information content (AvgIpc) is 1.45. The first-order chi connectivity index (χ1) is 63.8. The summed E-state index contributed by atoms with van der Waals surface area (Å²) in [5, 5.41) is 0. The molecule has 0 fully saturated rings. The van der Waals surface area contributed by atoms with Crippen LogP contribution in [0.5, 0.6) is 0 Å². The summed E-state index contributed by atoms with van der Waals surface area (Å²) in [5.41, 5.74) is 49.3. The Morgan fingerprint density at radius 2 is 0.534 bits per heavy atom. The summed E-state index contributed by atoms with van der Waals surface area (Å²) >= 11 is 0. The van der Waals surface area contributed by atoms with Crippen LogP contribution in [0.1, 0.15) is 180 Å². The first-order valence-electron chi connectivity index (χ1n) is 48.0. The van der Waals surface area contributed by atoms with Crippen molar-refractivity contribution in [3.63, 3.8) is 0 Å². The molecule has 4 heterocycles. The maximum absolute atomic E-state index is 2.75. The molecule has 0 amide bonds. The summed E-state index contributed by atoms with van der Waals surface area (Å²) in [6.07, 6.45) is 0. The molecule has 17 aromatic carbocycles. The fourth-order valence-corrected chi connectivity index (χ4v) is 23.1. The van der Waals surface area contributed by atoms with Gasteiger partial charge in [-0.05, 0) is 273 Å². The van der Waals surface area contributed by atoms with E-state index in [4.69, 9.17) is 0 Å². The lowest BCUT2D eigenvalue weighted by Crippen LogP contribution is -2.65. The van der Waals surface area contributed by atoms with Crippen LogP contribution in [-0.4, -0.2) is 13.4 Å². The van der Waals surface area contributed by atoms with E-state index in [-0.39, 0.29) is 45.9 Å². The monoisotopic (exact) mass is 1720 g/mol. The van der Waals surface area contributed by atoms with E-state index in [1.807, 2.05) is 0 Å².